The average molecular weight is 279 g/mol. The maximum Gasteiger partial charge on any atom is 0.271 e. The van der Waals surface area contributed by atoms with E-state index in [4.69, 9.17) is 0 Å². The van der Waals surface area contributed by atoms with E-state index in [-0.39, 0.29) is 5.91 Å². The van der Waals surface area contributed by atoms with Gasteiger partial charge < -0.3 is 15.5 Å². The van der Waals surface area contributed by atoms with Crippen LogP contribution in [0.3, 0.4) is 0 Å². The first-order valence-electron chi connectivity index (χ1n) is 7.12. The summed E-state index contributed by atoms with van der Waals surface area (Å²) in [5, 5.41) is 5.99. The Hall–Kier alpha value is -1.69. The van der Waals surface area contributed by atoms with E-state index in [1.165, 1.54) is 6.20 Å². The fraction of sp³-hybridized carbons (Fsp3) is 0.643. The number of carbonyl (C=O) groups excluding carboxylic acids is 1. The highest BCUT2D eigenvalue weighted by Gasteiger charge is 2.07. The number of hydrogen-bond donors (Lipinski definition) is 2. The van der Waals surface area contributed by atoms with Crippen LogP contribution in [0.25, 0.3) is 0 Å². The van der Waals surface area contributed by atoms with Gasteiger partial charge in [-0.2, -0.15) is 0 Å². The third-order valence-electron chi connectivity index (χ3n) is 2.74. The highest BCUT2D eigenvalue weighted by atomic mass is 16.1. The lowest BCUT2D eigenvalue weighted by molar-refractivity contribution is 0.0947. The van der Waals surface area contributed by atoms with Gasteiger partial charge in [0.2, 0.25) is 0 Å². The number of nitrogens with zero attached hydrogens (tertiary/aromatic N) is 3. The number of nitrogens with one attached hydrogen (secondary N) is 2. The minimum atomic E-state index is -0.164. The molecule has 0 atom stereocenters. The zero-order valence-electron chi connectivity index (χ0n) is 12.6. The van der Waals surface area contributed by atoms with Crippen molar-refractivity contribution in [1.29, 1.82) is 0 Å². The third kappa shape index (κ3) is 6.47. The fourth-order valence-corrected chi connectivity index (χ4v) is 1.66. The molecular formula is C14H25N5O. The number of aromatic nitrogens is 2. The zero-order chi connectivity index (χ0) is 14.8. The normalized spacial score (nSPS) is 10.6. The summed E-state index contributed by atoms with van der Waals surface area (Å²) in [6.07, 6.45) is 6.15. The molecule has 6 heteroatoms. The van der Waals surface area contributed by atoms with Crippen molar-refractivity contribution in [3.63, 3.8) is 0 Å². The molecule has 1 amide bonds. The Morgan fingerprint density at radius 1 is 1.25 bits per heavy atom. The Kier molecular flexibility index (Phi) is 7.57. The van der Waals surface area contributed by atoms with Crippen LogP contribution < -0.4 is 10.6 Å². The van der Waals surface area contributed by atoms with Gasteiger partial charge in [-0.3, -0.25) is 9.78 Å². The molecule has 6 nitrogen and oxygen atoms in total. The Labute approximate surface area is 121 Å². The minimum absolute atomic E-state index is 0.164. The summed E-state index contributed by atoms with van der Waals surface area (Å²) in [4.78, 5) is 22.3. The predicted octanol–water partition coefficient (Wildman–Crippen LogP) is 1.37. The fourth-order valence-electron chi connectivity index (χ4n) is 1.66. The summed E-state index contributed by atoms with van der Waals surface area (Å²) in [5.74, 6) is 0.481. The maximum absolute atomic E-state index is 11.9. The van der Waals surface area contributed by atoms with Gasteiger partial charge in [0.15, 0.2) is 0 Å². The van der Waals surface area contributed by atoms with E-state index < -0.39 is 0 Å². The Bertz CT molecular complexity index is 408. The standard InChI is InChI=1S/C14H25N5O/c1-4-7-16-13-11-15-10-12(18-13)14(20)17-8-5-6-9-19(2)3/h10-11H,4-9H2,1-3H3,(H,16,18)(H,17,20). The molecular weight excluding hydrogens is 254 g/mol. The number of amides is 1. The second-order valence-corrected chi connectivity index (χ2v) is 4.98. The number of rotatable bonds is 9. The lowest BCUT2D eigenvalue weighted by atomic mass is 10.3. The second kappa shape index (κ2) is 9.25. The van der Waals surface area contributed by atoms with E-state index in [1.807, 2.05) is 14.1 Å². The van der Waals surface area contributed by atoms with Crippen molar-refractivity contribution in [2.24, 2.45) is 0 Å². The molecule has 1 aromatic heterocycles. The smallest absolute Gasteiger partial charge is 0.271 e. The molecule has 0 unspecified atom stereocenters. The summed E-state index contributed by atoms with van der Waals surface area (Å²) in [7, 11) is 4.09. The molecule has 0 aliphatic carbocycles. The van der Waals surface area contributed by atoms with Crippen molar-refractivity contribution < 1.29 is 4.79 Å². The Morgan fingerprint density at radius 3 is 2.75 bits per heavy atom. The summed E-state index contributed by atoms with van der Waals surface area (Å²) in [5.41, 5.74) is 0.360. The molecule has 0 fully saturated rings. The molecule has 0 saturated heterocycles. The van der Waals surface area contributed by atoms with Crippen molar-refractivity contribution in [1.82, 2.24) is 20.2 Å². The number of anilines is 1. The first-order chi connectivity index (χ1) is 9.63. The quantitative estimate of drug-likeness (QED) is 0.668. The predicted molar refractivity (Wildman–Crippen MR) is 80.9 cm³/mol. The van der Waals surface area contributed by atoms with Crippen molar-refractivity contribution in [2.45, 2.75) is 26.2 Å². The third-order valence-corrected chi connectivity index (χ3v) is 2.74. The molecule has 1 rings (SSSR count). The van der Waals surface area contributed by atoms with E-state index in [1.54, 1.807) is 6.20 Å². The maximum atomic E-state index is 11.9. The molecule has 1 heterocycles. The summed E-state index contributed by atoms with van der Waals surface area (Å²) >= 11 is 0. The molecule has 0 spiro atoms. The molecule has 0 aromatic carbocycles. The van der Waals surface area contributed by atoms with Gasteiger partial charge in [-0.25, -0.2) is 4.98 Å². The van der Waals surface area contributed by atoms with Crippen LogP contribution in [0.2, 0.25) is 0 Å². The molecule has 0 aliphatic rings. The van der Waals surface area contributed by atoms with Crippen LogP contribution in [-0.4, -0.2) is 54.5 Å². The van der Waals surface area contributed by atoms with Crippen LogP contribution in [0.5, 0.6) is 0 Å². The summed E-state index contributed by atoms with van der Waals surface area (Å²) in [6.45, 7) is 4.60. The monoisotopic (exact) mass is 279 g/mol. The van der Waals surface area contributed by atoms with Crippen LogP contribution in [-0.2, 0) is 0 Å². The van der Waals surface area contributed by atoms with Crippen LogP contribution in [0.15, 0.2) is 12.4 Å². The van der Waals surface area contributed by atoms with Gasteiger partial charge in [0.25, 0.3) is 5.91 Å². The highest BCUT2D eigenvalue weighted by Crippen LogP contribution is 2.02. The van der Waals surface area contributed by atoms with Gasteiger partial charge in [0.05, 0.1) is 12.4 Å². The first-order valence-corrected chi connectivity index (χ1v) is 7.12. The molecule has 2 N–H and O–H groups in total. The van der Waals surface area contributed by atoms with E-state index in [0.717, 1.165) is 32.4 Å². The molecule has 0 radical (unpaired) electrons. The Balaban J connectivity index is 2.35. The Morgan fingerprint density at radius 2 is 2.05 bits per heavy atom. The molecule has 0 saturated carbocycles. The SMILES string of the molecule is CCCNc1cncc(C(=O)NCCCCN(C)C)n1. The summed E-state index contributed by atoms with van der Waals surface area (Å²) in [6, 6.07) is 0. The van der Waals surface area contributed by atoms with Crippen LogP contribution >= 0.6 is 0 Å². The van der Waals surface area contributed by atoms with E-state index in [9.17, 15) is 4.79 Å². The number of unbranched alkanes of at least 4 members (excludes halogenated alkanes) is 1. The van der Waals surface area contributed by atoms with Gasteiger partial charge in [-0.05, 0) is 39.9 Å². The molecule has 20 heavy (non-hydrogen) atoms. The van der Waals surface area contributed by atoms with Gasteiger partial charge in [0.1, 0.15) is 11.5 Å². The van der Waals surface area contributed by atoms with Crippen LogP contribution in [0, 0.1) is 0 Å². The van der Waals surface area contributed by atoms with Gasteiger partial charge in [-0.1, -0.05) is 6.92 Å². The minimum Gasteiger partial charge on any atom is -0.369 e. The van der Waals surface area contributed by atoms with E-state index in [0.29, 0.717) is 18.1 Å². The first kappa shape index (κ1) is 16.4. The van der Waals surface area contributed by atoms with Crippen molar-refractivity contribution in [3.05, 3.63) is 18.1 Å². The van der Waals surface area contributed by atoms with Gasteiger partial charge in [-0.15, -0.1) is 0 Å². The van der Waals surface area contributed by atoms with Crippen LogP contribution in [0.4, 0.5) is 5.82 Å². The van der Waals surface area contributed by atoms with Gasteiger partial charge >= 0.3 is 0 Å². The van der Waals surface area contributed by atoms with Crippen molar-refractivity contribution in [2.75, 3.05) is 39.0 Å². The van der Waals surface area contributed by atoms with Crippen molar-refractivity contribution in [3.8, 4) is 0 Å². The number of carbonyl (C=O) groups is 1. The second-order valence-electron chi connectivity index (χ2n) is 4.98. The topological polar surface area (TPSA) is 70.2 Å². The molecule has 0 bridgehead atoms. The lowest BCUT2D eigenvalue weighted by Crippen LogP contribution is -2.26. The van der Waals surface area contributed by atoms with Crippen LogP contribution in [0.1, 0.15) is 36.7 Å². The lowest BCUT2D eigenvalue weighted by Gasteiger charge is -2.09. The van der Waals surface area contributed by atoms with Gasteiger partial charge in [0, 0.05) is 13.1 Å². The zero-order valence-corrected chi connectivity index (χ0v) is 12.6. The average Bonchev–Trinajstić information content (AvgIpc) is 2.44. The molecule has 112 valence electrons. The van der Waals surface area contributed by atoms with E-state index in [2.05, 4.69) is 32.4 Å². The highest BCUT2D eigenvalue weighted by molar-refractivity contribution is 5.92. The van der Waals surface area contributed by atoms with E-state index >= 15 is 0 Å². The molecule has 0 aliphatic heterocycles. The summed E-state index contributed by atoms with van der Waals surface area (Å²) < 4.78 is 0. The number of hydrogen-bond acceptors (Lipinski definition) is 5. The van der Waals surface area contributed by atoms with Crippen molar-refractivity contribution >= 4 is 11.7 Å². The largest absolute Gasteiger partial charge is 0.369 e. The molecule has 1 aromatic rings.